The van der Waals surface area contributed by atoms with Crippen molar-refractivity contribution in [1.29, 1.82) is 0 Å². The van der Waals surface area contributed by atoms with Crippen molar-refractivity contribution in [1.82, 2.24) is 10.3 Å². The van der Waals surface area contributed by atoms with E-state index in [2.05, 4.69) is 10.3 Å². The number of nitrogens with one attached hydrogen (secondary N) is 1. The van der Waals surface area contributed by atoms with Crippen molar-refractivity contribution in [2.45, 2.75) is 31.9 Å². The Balaban J connectivity index is 2.21. The number of hydrogen-bond donors (Lipinski definition) is 2. The number of carbonyl (C=O) groups is 2. The molecular formula is C20H22F3N3O4. The van der Waals surface area contributed by atoms with E-state index < -0.39 is 53.1 Å². The number of ether oxygens (including phenoxy) is 2. The van der Waals surface area contributed by atoms with Crippen LogP contribution in [-0.2, 0) is 20.7 Å². The zero-order valence-electron chi connectivity index (χ0n) is 16.7. The number of nitrogen functional groups attached to an aromatic ring is 1. The Labute approximate surface area is 171 Å². The average Bonchev–Trinajstić information content (AvgIpc) is 2.70. The van der Waals surface area contributed by atoms with Crippen LogP contribution < -0.4 is 15.8 Å². The fourth-order valence-electron chi connectivity index (χ4n) is 2.41. The van der Waals surface area contributed by atoms with Gasteiger partial charge >= 0.3 is 0 Å². The molecule has 0 saturated carbocycles. The smallest absolute Gasteiger partial charge is 0.252 e. The van der Waals surface area contributed by atoms with Crippen LogP contribution in [0.1, 0.15) is 19.4 Å². The molecule has 0 aliphatic carbocycles. The van der Waals surface area contributed by atoms with Crippen molar-refractivity contribution in [3.8, 4) is 5.75 Å². The average molecular weight is 425 g/mol. The molecule has 1 amide bonds. The summed E-state index contributed by atoms with van der Waals surface area (Å²) in [4.78, 5) is 29.0. The Bertz CT molecular complexity index is 938. The molecule has 1 unspecified atom stereocenters. The van der Waals surface area contributed by atoms with Gasteiger partial charge in [0.25, 0.3) is 5.91 Å². The first kappa shape index (κ1) is 23.1. The van der Waals surface area contributed by atoms with Gasteiger partial charge in [-0.15, -0.1) is 0 Å². The highest BCUT2D eigenvalue weighted by Gasteiger charge is 2.31. The molecule has 0 fully saturated rings. The minimum Gasteiger partial charge on any atom is -0.480 e. The molecule has 7 nitrogen and oxygen atoms in total. The lowest BCUT2D eigenvalue weighted by Crippen LogP contribution is -2.52. The largest absolute Gasteiger partial charge is 0.480 e. The maximum atomic E-state index is 13.8. The second kappa shape index (κ2) is 9.57. The lowest BCUT2D eigenvalue weighted by molar-refractivity contribution is -0.142. The number of halogens is 3. The molecule has 2 rings (SSSR count). The molecule has 0 saturated heterocycles. The number of carbonyl (C=O) groups excluding carboxylic acids is 2. The van der Waals surface area contributed by atoms with Gasteiger partial charge in [-0.05, 0) is 43.7 Å². The number of rotatable bonds is 9. The van der Waals surface area contributed by atoms with E-state index in [1.165, 1.54) is 33.2 Å². The predicted molar refractivity (Wildman–Crippen MR) is 102 cm³/mol. The second-order valence-electron chi connectivity index (χ2n) is 6.96. The van der Waals surface area contributed by atoms with Crippen molar-refractivity contribution in [3.63, 3.8) is 0 Å². The van der Waals surface area contributed by atoms with Crippen LogP contribution in [0.3, 0.4) is 0 Å². The van der Waals surface area contributed by atoms with Crippen molar-refractivity contribution in [2.75, 3.05) is 19.5 Å². The van der Waals surface area contributed by atoms with E-state index in [1.54, 1.807) is 6.07 Å². The van der Waals surface area contributed by atoms with Crippen molar-refractivity contribution >= 4 is 17.5 Å². The molecule has 0 aliphatic rings. The summed E-state index contributed by atoms with van der Waals surface area (Å²) < 4.78 is 50.8. The molecule has 0 aliphatic heterocycles. The van der Waals surface area contributed by atoms with Crippen molar-refractivity contribution in [2.24, 2.45) is 0 Å². The topological polar surface area (TPSA) is 104 Å². The molecule has 2 aromatic rings. The lowest BCUT2D eigenvalue weighted by atomic mass is 10.0. The predicted octanol–water partition coefficient (Wildman–Crippen LogP) is 2.18. The number of pyridine rings is 1. The monoisotopic (exact) mass is 425 g/mol. The van der Waals surface area contributed by atoms with Gasteiger partial charge in [0.1, 0.15) is 18.0 Å². The summed E-state index contributed by atoms with van der Waals surface area (Å²) >= 11 is 0. The van der Waals surface area contributed by atoms with Crippen molar-refractivity contribution < 1.29 is 32.2 Å². The van der Waals surface area contributed by atoms with Crippen LogP contribution >= 0.6 is 0 Å². The summed E-state index contributed by atoms with van der Waals surface area (Å²) in [5, 5.41) is 2.54. The first-order valence-corrected chi connectivity index (χ1v) is 8.90. The summed E-state index contributed by atoms with van der Waals surface area (Å²) in [6.07, 6.45) is 1.44. The van der Waals surface area contributed by atoms with Crippen LogP contribution in [0.2, 0.25) is 0 Å². The minimum absolute atomic E-state index is 0.00849. The number of benzene rings is 1. The zero-order chi connectivity index (χ0) is 22.5. The van der Waals surface area contributed by atoms with Gasteiger partial charge in [0, 0.05) is 19.7 Å². The molecule has 1 heterocycles. The molecule has 0 bridgehead atoms. The summed E-state index contributed by atoms with van der Waals surface area (Å²) in [6, 6.07) is 3.26. The molecule has 3 N–H and O–H groups in total. The van der Waals surface area contributed by atoms with Crippen molar-refractivity contribution in [3.05, 3.63) is 53.5 Å². The molecule has 10 heteroatoms. The Morgan fingerprint density at radius 1 is 1.20 bits per heavy atom. The maximum Gasteiger partial charge on any atom is 0.252 e. The molecule has 1 aromatic heterocycles. The maximum absolute atomic E-state index is 13.8. The number of amides is 1. The van der Waals surface area contributed by atoms with E-state index >= 15 is 0 Å². The fraction of sp³-hybridized carbons (Fsp3) is 0.350. The van der Waals surface area contributed by atoms with Crippen LogP contribution in [-0.4, -0.2) is 42.0 Å². The highest BCUT2D eigenvalue weighted by molar-refractivity contribution is 5.92. The van der Waals surface area contributed by atoms with E-state index in [4.69, 9.17) is 15.2 Å². The third-order valence-corrected chi connectivity index (χ3v) is 4.40. The van der Waals surface area contributed by atoms with Gasteiger partial charge in [-0.3, -0.25) is 9.59 Å². The van der Waals surface area contributed by atoms with Crippen LogP contribution in [0.15, 0.2) is 30.5 Å². The lowest BCUT2D eigenvalue weighted by Gasteiger charge is -2.26. The van der Waals surface area contributed by atoms with Crippen LogP contribution in [0.5, 0.6) is 5.75 Å². The summed E-state index contributed by atoms with van der Waals surface area (Å²) in [5.41, 5.74) is 4.98. The Kier molecular flexibility index (Phi) is 7.38. The molecule has 0 radical (unpaired) electrons. The van der Waals surface area contributed by atoms with Gasteiger partial charge in [0.15, 0.2) is 23.2 Å². The standard InChI is InChI=1S/C20H22F3N3O4/c1-20(2,29-3)19(28)26-14(8-11-6-7-25-16(24)9-11)15(27)10-30-18-13(22)5-4-12(21)17(18)23/h4-7,9,14H,8,10H2,1-3H3,(H2,24,25)(H,26,28). The van der Waals surface area contributed by atoms with Crippen LogP contribution in [0.4, 0.5) is 19.0 Å². The SMILES string of the molecule is COC(C)(C)C(=O)NC(Cc1ccnc(N)c1)C(=O)COc1c(F)ccc(F)c1F. The Hall–Kier alpha value is -3.14. The summed E-state index contributed by atoms with van der Waals surface area (Å²) in [5.74, 6) is -6.13. The summed E-state index contributed by atoms with van der Waals surface area (Å²) in [7, 11) is 1.33. The number of Topliss-reactive ketones (excluding diaryl/α,β-unsaturated/α-hetero) is 1. The molecule has 0 spiro atoms. The van der Waals surface area contributed by atoms with E-state index in [0.29, 0.717) is 17.7 Å². The van der Waals surface area contributed by atoms with E-state index in [-0.39, 0.29) is 12.2 Å². The normalized spacial score (nSPS) is 12.3. The second-order valence-corrected chi connectivity index (χ2v) is 6.96. The number of nitrogens with two attached hydrogens (primary N) is 1. The number of ketones is 1. The van der Waals surface area contributed by atoms with Gasteiger partial charge in [0.2, 0.25) is 5.82 Å². The van der Waals surface area contributed by atoms with E-state index in [1.807, 2.05) is 0 Å². The molecule has 1 aromatic carbocycles. The first-order chi connectivity index (χ1) is 14.0. The number of nitrogens with zero attached hydrogens (tertiary/aromatic N) is 1. The zero-order valence-corrected chi connectivity index (χ0v) is 16.7. The number of anilines is 1. The molecule has 162 valence electrons. The van der Waals surface area contributed by atoms with Gasteiger partial charge in [0.05, 0.1) is 6.04 Å². The highest BCUT2D eigenvalue weighted by Crippen LogP contribution is 2.24. The van der Waals surface area contributed by atoms with Gasteiger partial charge in [-0.2, -0.15) is 4.39 Å². The first-order valence-electron chi connectivity index (χ1n) is 8.90. The highest BCUT2D eigenvalue weighted by atomic mass is 19.2. The molecule has 30 heavy (non-hydrogen) atoms. The Morgan fingerprint density at radius 2 is 1.87 bits per heavy atom. The van der Waals surface area contributed by atoms with Crippen LogP contribution in [0.25, 0.3) is 0 Å². The van der Waals surface area contributed by atoms with Gasteiger partial charge < -0.3 is 20.5 Å². The minimum atomic E-state index is -1.55. The van der Waals surface area contributed by atoms with E-state index in [9.17, 15) is 22.8 Å². The number of hydrogen-bond acceptors (Lipinski definition) is 6. The number of methoxy groups -OCH3 is 1. The molecular weight excluding hydrogens is 403 g/mol. The van der Waals surface area contributed by atoms with Gasteiger partial charge in [-0.1, -0.05) is 0 Å². The van der Waals surface area contributed by atoms with Crippen LogP contribution in [0, 0.1) is 17.5 Å². The quantitative estimate of drug-likeness (QED) is 0.597. The third-order valence-electron chi connectivity index (χ3n) is 4.40. The van der Waals surface area contributed by atoms with Gasteiger partial charge in [-0.25, -0.2) is 13.8 Å². The number of aromatic nitrogens is 1. The van der Waals surface area contributed by atoms with E-state index in [0.717, 1.165) is 0 Å². The molecule has 1 atom stereocenters. The Morgan fingerprint density at radius 3 is 2.50 bits per heavy atom. The third kappa shape index (κ3) is 5.69. The summed E-state index contributed by atoms with van der Waals surface area (Å²) in [6.45, 7) is 2.20. The fourth-order valence-corrected chi connectivity index (χ4v) is 2.41.